The number of methoxy groups -OCH3 is 2. The maximum Gasteiger partial charge on any atom is 0.337 e. The molecule has 1 N–H and O–H groups in total. The third-order valence-electron chi connectivity index (χ3n) is 3.44. The highest BCUT2D eigenvalue weighted by Crippen LogP contribution is 2.43. The van der Waals surface area contributed by atoms with Gasteiger partial charge in [0.1, 0.15) is 0 Å². The van der Waals surface area contributed by atoms with E-state index in [-0.39, 0.29) is 0 Å². The van der Waals surface area contributed by atoms with Crippen molar-refractivity contribution in [1.29, 1.82) is 0 Å². The number of thiophene rings is 1. The van der Waals surface area contributed by atoms with Crippen molar-refractivity contribution in [3.63, 3.8) is 0 Å². The van der Waals surface area contributed by atoms with Crippen molar-refractivity contribution in [2.75, 3.05) is 14.2 Å². The van der Waals surface area contributed by atoms with Crippen molar-refractivity contribution in [3.05, 3.63) is 48.0 Å². The Balaban J connectivity index is 2.34. The summed E-state index contributed by atoms with van der Waals surface area (Å²) in [5, 5.41) is 10.3. The molecule has 0 unspecified atom stereocenters. The third kappa shape index (κ3) is 2.29. The van der Waals surface area contributed by atoms with Gasteiger partial charge in [0.2, 0.25) is 0 Å². The second-order valence-electron chi connectivity index (χ2n) is 4.68. The SMILES string of the molecule is COc1cc2sc(-c3ccccc3)c(C(=O)O)c2cc1OC. The molecule has 0 bridgehead atoms. The number of ether oxygens (including phenoxy) is 2. The van der Waals surface area contributed by atoms with E-state index in [4.69, 9.17) is 9.47 Å². The summed E-state index contributed by atoms with van der Waals surface area (Å²) in [7, 11) is 3.10. The van der Waals surface area contributed by atoms with Gasteiger partial charge < -0.3 is 14.6 Å². The van der Waals surface area contributed by atoms with Gasteiger partial charge in [-0.25, -0.2) is 4.79 Å². The summed E-state index contributed by atoms with van der Waals surface area (Å²) in [6.07, 6.45) is 0. The lowest BCUT2D eigenvalue weighted by atomic mass is 10.1. The van der Waals surface area contributed by atoms with E-state index >= 15 is 0 Å². The Hall–Kier alpha value is -2.53. The molecule has 0 aliphatic rings. The fourth-order valence-corrected chi connectivity index (χ4v) is 3.64. The van der Waals surface area contributed by atoms with Crippen LogP contribution >= 0.6 is 11.3 Å². The van der Waals surface area contributed by atoms with E-state index < -0.39 is 5.97 Å². The van der Waals surface area contributed by atoms with Crippen LogP contribution in [-0.4, -0.2) is 25.3 Å². The number of rotatable bonds is 4. The topological polar surface area (TPSA) is 55.8 Å². The van der Waals surface area contributed by atoms with E-state index in [1.807, 2.05) is 36.4 Å². The van der Waals surface area contributed by atoms with E-state index in [1.54, 1.807) is 13.2 Å². The molecule has 0 aliphatic carbocycles. The molecule has 0 saturated carbocycles. The van der Waals surface area contributed by atoms with E-state index in [0.717, 1.165) is 15.1 Å². The molecular formula is C17H14O4S. The zero-order chi connectivity index (χ0) is 15.7. The molecule has 2 aromatic carbocycles. The first-order valence-electron chi connectivity index (χ1n) is 6.63. The number of carboxylic acid groups (broad SMARTS) is 1. The maximum absolute atomic E-state index is 11.8. The number of benzene rings is 2. The highest BCUT2D eigenvalue weighted by atomic mass is 32.1. The normalized spacial score (nSPS) is 10.6. The molecular weight excluding hydrogens is 300 g/mol. The summed E-state index contributed by atoms with van der Waals surface area (Å²) >= 11 is 1.44. The minimum Gasteiger partial charge on any atom is -0.493 e. The van der Waals surface area contributed by atoms with Crippen LogP contribution < -0.4 is 9.47 Å². The second kappa shape index (κ2) is 5.69. The van der Waals surface area contributed by atoms with Crippen molar-refractivity contribution in [2.24, 2.45) is 0 Å². The monoisotopic (exact) mass is 314 g/mol. The van der Waals surface area contributed by atoms with Crippen LogP contribution in [0.5, 0.6) is 11.5 Å². The predicted molar refractivity (Wildman–Crippen MR) is 87.3 cm³/mol. The van der Waals surface area contributed by atoms with Crippen LogP contribution in [0.2, 0.25) is 0 Å². The molecule has 4 nitrogen and oxygen atoms in total. The molecule has 0 aliphatic heterocycles. The summed E-state index contributed by atoms with van der Waals surface area (Å²) < 4.78 is 11.4. The quantitative estimate of drug-likeness (QED) is 0.781. The molecule has 1 heterocycles. The van der Waals surface area contributed by atoms with Crippen molar-refractivity contribution in [2.45, 2.75) is 0 Å². The Bertz CT molecular complexity index is 837. The van der Waals surface area contributed by atoms with Gasteiger partial charge >= 0.3 is 5.97 Å². The second-order valence-corrected chi connectivity index (χ2v) is 5.73. The van der Waals surface area contributed by atoms with Gasteiger partial charge in [-0.3, -0.25) is 0 Å². The highest BCUT2D eigenvalue weighted by molar-refractivity contribution is 7.22. The van der Waals surface area contributed by atoms with Crippen molar-refractivity contribution in [1.82, 2.24) is 0 Å². The van der Waals surface area contributed by atoms with Gasteiger partial charge in [-0.1, -0.05) is 30.3 Å². The van der Waals surface area contributed by atoms with E-state index in [2.05, 4.69) is 0 Å². The molecule has 1 aromatic heterocycles. The van der Waals surface area contributed by atoms with E-state index in [1.165, 1.54) is 18.4 Å². The lowest BCUT2D eigenvalue weighted by molar-refractivity contribution is 0.0700. The van der Waals surface area contributed by atoms with Crippen LogP contribution in [0.3, 0.4) is 0 Å². The molecule has 0 saturated heterocycles. The van der Waals surface area contributed by atoms with Crippen LogP contribution in [0, 0.1) is 0 Å². The fourth-order valence-electron chi connectivity index (χ4n) is 2.43. The molecule has 0 fully saturated rings. The van der Waals surface area contributed by atoms with Gasteiger partial charge in [0.15, 0.2) is 11.5 Å². The minimum absolute atomic E-state index is 0.298. The smallest absolute Gasteiger partial charge is 0.337 e. The van der Waals surface area contributed by atoms with Crippen LogP contribution in [0.15, 0.2) is 42.5 Å². The lowest BCUT2D eigenvalue weighted by Crippen LogP contribution is -1.97. The van der Waals surface area contributed by atoms with Crippen molar-refractivity contribution in [3.8, 4) is 21.9 Å². The average molecular weight is 314 g/mol. The van der Waals surface area contributed by atoms with Crippen LogP contribution in [-0.2, 0) is 0 Å². The zero-order valence-electron chi connectivity index (χ0n) is 12.1. The zero-order valence-corrected chi connectivity index (χ0v) is 12.9. The summed E-state index contributed by atoms with van der Waals surface area (Å²) in [5.74, 6) is 0.167. The van der Waals surface area contributed by atoms with Gasteiger partial charge in [-0.05, 0) is 11.6 Å². The number of hydrogen-bond donors (Lipinski definition) is 1. The number of carboxylic acids is 1. The molecule has 0 amide bonds. The number of aromatic carboxylic acids is 1. The van der Waals surface area contributed by atoms with Crippen molar-refractivity contribution >= 4 is 27.4 Å². The molecule has 22 heavy (non-hydrogen) atoms. The summed E-state index contributed by atoms with van der Waals surface area (Å²) in [6.45, 7) is 0. The average Bonchev–Trinajstić information content (AvgIpc) is 2.92. The first kappa shape index (κ1) is 14.4. The molecule has 0 radical (unpaired) electrons. The largest absolute Gasteiger partial charge is 0.493 e. The molecule has 3 rings (SSSR count). The molecule has 5 heteroatoms. The summed E-state index contributed by atoms with van der Waals surface area (Å²) in [6, 6.07) is 13.1. The van der Waals surface area contributed by atoms with Gasteiger partial charge in [-0.15, -0.1) is 11.3 Å². The van der Waals surface area contributed by atoms with Gasteiger partial charge in [0, 0.05) is 16.2 Å². The van der Waals surface area contributed by atoms with Crippen LogP contribution in [0.1, 0.15) is 10.4 Å². The molecule has 3 aromatic rings. The number of hydrogen-bond acceptors (Lipinski definition) is 4. The summed E-state index contributed by atoms with van der Waals surface area (Å²) in [4.78, 5) is 12.5. The Labute approximate surface area is 131 Å². The standard InChI is InChI=1S/C17H14O4S/c1-20-12-8-11-14(9-13(12)21-2)22-16(15(11)17(18)19)10-6-4-3-5-7-10/h3-9H,1-2H3,(H,18,19). The first-order valence-corrected chi connectivity index (χ1v) is 7.44. The lowest BCUT2D eigenvalue weighted by Gasteiger charge is -2.07. The summed E-state index contributed by atoms with van der Waals surface area (Å²) in [5.41, 5.74) is 1.19. The highest BCUT2D eigenvalue weighted by Gasteiger charge is 2.21. The Morgan fingerprint density at radius 1 is 1.05 bits per heavy atom. The number of fused-ring (bicyclic) bond motifs is 1. The Morgan fingerprint density at radius 3 is 2.27 bits per heavy atom. The van der Waals surface area contributed by atoms with Gasteiger partial charge in [0.05, 0.1) is 24.7 Å². The fraction of sp³-hybridized carbons (Fsp3) is 0.118. The first-order chi connectivity index (χ1) is 10.7. The van der Waals surface area contributed by atoms with E-state index in [0.29, 0.717) is 22.4 Å². The Morgan fingerprint density at radius 2 is 1.68 bits per heavy atom. The molecule has 0 spiro atoms. The van der Waals surface area contributed by atoms with Crippen LogP contribution in [0.25, 0.3) is 20.5 Å². The van der Waals surface area contributed by atoms with Gasteiger partial charge in [-0.2, -0.15) is 0 Å². The molecule has 112 valence electrons. The predicted octanol–water partition coefficient (Wildman–Crippen LogP) is 4.28. The Kier molecular flexibility index (Phi) is 3.73. The minimum atomic E-state index is -0.947. The van der Waals surface area contributed by atoms with Crippen molar-refractivity contribution < 1.29 is 19.4 Å². The number of carbonyl (C=O) groups is 1. The van der Waals surface area contributed by atoms with Gasteiger partial charge in [0.25, 0.3) is 0 Å². The van der Waals surface area contributed by atoms with Crippen LogP contribution in [0.4, 0.5) is 0 Å². The third-order valence-corrected chi connectivity index (χ3v) is 4.65. The maximum atomic E-state index is 11.8. The molecule has 0 atom stereocenters. The van der Waals surface area contributed by atoms with E-state index in [9.17, 15) is 9.90 Å².